The fourth-order valence-corrected chi connectivity index (χ4v) is 2.61. The molecule has 110 valence electrons. The minimum Gasteiger partial charge on any atom is -0.490 e. The quantitative estimate of drug-likeness (QED) is 0.861. The van der Waals surface area contributed by atoms with Gasteiger partial charge in [0.15, 0.2) is 0 Å². The summed E-state index contributed by atoms with van der Waals surface area (Å²) in [6.45, 7) is 0. The maximum atomic E-state index is 13.8. The van der Waals surface area contributed by atoms with Gasteiger partial charge in [-0.1, -0.05) is 18.2 Å². The molecule has 1 fully saturated rings. The zero-order valence-electron chi connectivity index (χ0n) is 11.8. The van der Waals surface area contributed by atoms with E-state index in [0.717, 1.165) is 29.7 Å². The number of hydrogen-bond acceptors (Lipinski definition) is 2. The van der Waals surface area contributed by atoms with Crippen LogP contribution < -0.4 is 10.1 Å². The molecule has 1 aliphatic rings. The second kappa shape index (κ2) is 6.16. The van der Waals surface area contributed by atoms with Crippen LogP contribution in [0.5, 0.6) is 5.75 Å². The van der Waals surface area contributed by atoms with E-state index < -0.39 is 0 Å². The topological polar surface area (TPSA) is 21.3 Å². The van der Waals surface area contributed by atoms with Crippen molar-refractivity contribution in [3.63, 3.8) is 0 Å². The molecule has 2 aromatic rings. The Labute approximate surface area is 132 Å². The van der Waals surface area contributed by atoms with Gasteiger partial charge in [-0.3, -0.25) is 0 Å². The fourth-order valence-electron chi connectivity index (χ4n) is 2.36. The van der Waals surface area contributed by atoms with Gasteiger partial charge in [0.2, 0.25) is 0 Å². The summed E-state index contributed by atoms with van der Waals surface area (Å²) in [5, 5.41) is 3.24. The van der Waals surface area contributed by atoms with Crippen LogP contribution in [-0.2, 0) is 0 Å². The predicted molar refractivity (Wildman–Crippen MR) is 85.1 cm³/mol. The van der Waals surface area contributed by atoms with Crippen molar-refractivity contribution in [3.05, 3.63) is 63.9 Å². The van der Waals surface area contributed by atoms with Crippen LogP contribution in [0.2, 0.25) is 0 Å². The van der Waals surface area contributed by atoms with Crippen LogP contribution in [0.1, 0.15) is 30.0 Å². The summed E-state index contributed by atoms with van der Waals surface area (Å²) >= 11 is 3.19. The van der Waals surface area contributed by atoms with E-state index in [-0.39, 0.29) is 11.9 Å². The van der Waals surface area contributed by atoms with E-state index in [4.69, 9.17) is 4.74 Å². The van der Waals surface area contributed by atoms with E-state index in [1.54, 1.807) is 12.1 Å². The molecule has 0 heterocycles. The van der Waals surface area contributed by atoms with Gasteiger partial charge in [0, 0.05) is 0 Å². The standard InChI is InChI=1S/C17H17BrFNO/c1-20-17(12-5-8-15(18)16(19)10-12)11-3-2-4-14(9-11)21-13-6-7-13/h2-5,8-10,13,17,20H,6-7H2,1H3. The van der Waals surface area contributed by atoms with Gasteiger partial charge in [-0.25, -0.2) is 4.39 Å². The molecular weight excluding hydrogens is 333 g/mol. The number of halogens is 2. The minimum atomic E-state index is -0.252. The molecule has 0 amide bonds. The molecule has 1 saturated carbocycles. The fraction of sp³-hybridized carbons (Fsp3) is 0.294. The van der Waals surface area contributed by atoms with Crippen molar-refractivity contribution in [2.75, 3.05) is 7.05 Å². The van der Waals surface area contributed by atoms with E-state index in [1.165, 1.54) is 0 Å². The van der Waals surface area contributed by atoms with E-state index in [1.807, 2.05) is 37.4 Å². The van der Waals surface area contributed by atoms with Crippen LogP contribution in [0.4, 0.5) is 4.39 Å². The van der Waals surface area contributed by atoms with Crippen molar-refractivity contribution in [1.29, 1.82) is 0 Å². The highest BCUT2D eigenvalue weighted by Crippen LogP contribution is 2.30. The second-order valence-corrected chi connectivity index (χ2v) is 6.14. The van der Waals surface area contributed by atoms with Crippen LogP contribution in [0.3, 0.4) is 0 Å². The summed E-state index contributed by atoms with van der Waals surface area (Å²) in [5.41, 5.74) is 1.96. The summed E-state index contributed by atoms with van der Waals surface area (Å²) in [6.07, 6.45) is 2.65. The molecule has 1 N–H and O–H groups in total. The smallest absolute Gasteiger partial charge is 0.137 e. The SMILES string of the molecule is CNC(c1cccc(OC2CC2)c1)c1ccc(Br)c(F)c1. The first kappa shape index (κ1) is 14.5. The molecule has 2 nitrogen and oxygen atoms in total. The zero-order valence-corrected chi connectivity index (χ0v) is 13.4. The van der Waals surface area contributed by atoms with Gasteiger partial charge in [0.1, 0.15) is 11.6 Å². The number of rotatable bonds is 5. The lowest BCUT2D eigenvalue weighted by Gasteiger charge is -2.18. The van der Waals surface area contributed by atoms with Crippen molar-refractivity contribution in [1.82, 2.24) is 5.32 Å². The van der Waals surface area contributed by atoms with Crippen molar-refractivity contribution in [3.8, 4) is 5.75 Å². The Bertz CT molecular complexity index is 642. The summed E-state index contributed by atoms with van der Waals surface area (Å²) in [5.74, 6) is 0.631. The third-order valence-corrected chi connectivity index (χ3v) is 4.23. The first-order chi connectivity index (χ1) is 10.2. The van der Waals surface area contributed by atoms with Crippen LogP contribution in [-0.4, -0.2) is 13.2 Å². The number of hydrogen-bond donors (Lipinski definition) is 1. The van der Waals surface area contributed by atoms with Crippen LogP contribution in [0.25, 0.3) is 0 Å². The van der Waals surface area contributed by atoms with E-state index in [9.17, 15) is 4.39 Å². The molecule has 4 heteroatoms. The average Bonchev–Trinajstić information content (AvgIpc) is 3.28. The summed E-state index contributed by atoms with van der Waals surface area (Å²) in [4.78, 5) is 0. The third-order valence-electron chi connectivity index (χ3n) is 3.58. The van der Waals surface area contributed by atoms with Crippen molar-refractivity contribution < 1.29 is 9.13 Å². The molecule has 0 aliphatic heterocycles. The maximum Gasteiger partial charge on any atom is 0.137 e. The Morgan fingerprint density at radius 1 is 1.19 bits per heavy atom. The lowest BCUT2D eigenvalue weighted by Crippen LogP contribution is -2.18. The number of ether oxygens (including phenoxy) is 1. The van der Waals surface area contributed by atoms with Crippen molar-refractivity contribution in [2.24, 2.45) is 0 Å². The van der Waals surface area contributed by atoms with Gasteiger partial charge in [-0.2, -0.15) is 0 Å². The van der Waals surface area contributed by atoms with Crippen molar-refractivity contribution >= 4 is 15.9 Å². The molecule has 21 heavy (non-hydrogen) atoms. The van der Waals surface area contributed by atoms with Gasteiger partial charge in [-0.05, 0) is 71.2 Å². The molecule has 2 aromatic carbocycles. The molecule has 1 atom stereocenters. The van der Waals surface area contributed by atoms with E-state index >= 15 is 0 Å². The molecule has 0 aromatic heterocycles. The monoisotopic (exact) mass is 349 g/mol. The number of nitrogens with one attached hydrogen (secondary N) is 1. The molecular formula is C17H17BrFNO. The molecule has 1 aliphatic carbocycles. The zero-order chi connectivity index (χ0) is 14.8. The normalized spacial score (nSPS) is 15.8. The van der Waals surface area contributed by atoms with Gasteiger partial charge >= 0.3 is 0 Å². The average molecular weight is 350 g/mol. The first-order valence-electron chi connectivity index (χ1n) is 7.06. The Hall–Kier alpha value is -1.39. The highest BCUT2D eigenvalue weighted by molar-refractivity contribution is 9.10. The molecule has 0 bridgehead atoms. The molecule has 0 spiro atoms. The highest BCUT2D eigenvalue weighted by Gasteiger charge is 2.24. The Morgan fingerprint density at radius 3 is 2.62 bits per heavy atom. The van der Waals surface area contributed by atoms with Crippen LogP contribution in [0.15, 0.2) is 46.9 Å². The Morgan fingerprint density at radius 2 is 1.95 bits per heavy atom. The Balaban J connectivity index is 1.89. The van der Waals surface area contributed by atoms with Gasteiger partial charge in [0.05, 0.1) is 16.6 Å². The van der Waals surface area contributed by atoms with Crippen molar-refractivity contribution in [2.45, 2.75) is 25.0 Å². The summed E-state index contributed by atoms with van der Waals surface area (Å²) in [6, 6.07) is 13.2. The minimum absolute atomic E-state index is 0.0599. The van der Waals surface area contributed by atoms with Crippen LogP contribution >= 0.6 is 15.9 Å². The first-order valence-corrected chi connectivity index (χ1v) is 7.85. The van der Waals surface area contributed by atoms with Crippen LogP contribution in [0, 0.1) is 5.82 Å². The number of benzene rings is 2. The van der Waals surface area contributed by atoms with Gasteiger partial charge in [0.25, 0.3) is 0 Å². The largest absolute Gasteiger partial charge is 0.490 e. The molecule has 3 rings (SSSR count). The lowest BCUT2D eigenvalue weighted by molar-refractivity contribution is 0.302. The highest BCUT2D eigenvalue weighted by atomic mass is 79.9. The third kappa shape index (κ3) is 3.44. The lowest BCUT2D eigenvalue weighted by atomic mass is 9.98. The molecule has 0 saturated heterocycles. The van der Waals surface area contributed by atoms with Gasteiger partial charge < -0.3 is 10.1 Å². The van der Waals surface area contributed by atoms with E-state index in [0.29, 0.717) is 10.6 Å². The second-order valence-electron chi connectivity index (χ2n) is 5.28. The Kier molecular flexibility index (Phi) is 4.27. The summed E-state index contributed by atoms with van der Waals surface area (Å²) in [7, 11) is 1.87. The maximum absolute atomic E-state index is 13.8. The summed E-state index contributed by atoms with van der Waals surface area (Å²) < 4.78 is 20.1. The van der Waals surface area contributed by atoms with E-state index in [2.05, 4.69) is 21.2 Å². The molecule has 1 unspecified atom stereocenters. The van der Waals surface area contributed by atoms with Gasteiger partial charge in [-0.15, -0.1) is 0 Å². The predicted octanol–water partition coefficient (Wildman–Crippen LogP) is 4.44. The molecule has 0 radical (unpaired) electrons.